The van der Waals surface area contributed by atoms with Crippen molar-refractivity contribution in [1.29, 1.82) is 0 Å². The number of carbonyl (C=O) groups excluding carboxylic acids is 1. The van der Waals surface area contributed by atoms with E-state index in [9.17, 15) is 14.4 Å². The van der Waals surface area contributed by atoms with Crippen LogP contribution >= 0.6 is 23.2 Å². The Bertz CT molecular complexity index is 1180. The second-order valence-electron chi connectivity index (χ2n) is 6.16. The van der Waals surface area contributed by atoms with E-state index < -0.39 is 6.09 Å². The zero-order valence-corrected chi connectivity index (χ0v) is 16.7. The zero-order valence-electron chi connectivity index (χ0n) is 15.2. The van der Waals surface area contributed by atoms with Gasteiger partial charge in [-0.1, -0.05) is 29.3 Å². The number of carbonyl (C=O) groups is 2. The molecule has 0 spiro atoms. The van der Waals surface area contributed by atoms with Crippen molar-refractivity contribution in [3.8, 4) is 11.3 Å². The van der Waals surface area contributed by atoms with Crippen LogP contribution in [-0.4, -0.2) is 33.2 Å². The van der Waals surface area contributed by atoms with Gasteiger partial charge < -0.3 is 15.0 Å². The lowest BCUT2D eigenvalue weighted by atomic mass is 10.1. The van der Waals surface area contributed by atoms with Crippen LogP contribution in [0.5, 0.6) is 0 Å². The highest BCUT2D eigenvalue weighted by Gasteiger charge is 2.15. The van der Waals surface area contributed by atoms with Gasteiger partial charge in [0.15, 0.2) is 0 Å². The minimum atomic E-state index is -1.21. The second kappa shape index (κ2) is 8.50. The summed E-state index contributed by atoms with van der Waals surface area (Å²) in [5.41, 5.74) is 1.44. The van der Waals surface area contributed by atoms with Crippen molar-refractivity contribution in [3.05, 3.63) is 56.8 Å². The van der Waals surface area contributed by atoms with Crippen LogP contribution in [0.25, 0.3) is 22.3 Å². The van der Waals surface area contributed by atoms with Gasteiger partial charge in [0.05, 0.1) is 21.1 Å². The number of hydrogen-bond donors (Lipinski definition) is 3. The average Bonchev–Trinajstić information content (AvgIpc) is 2.65. The molecular weight excluding hydrogens is 419 g/mol. The first-order valence-corrected chi connectivity index (χ1v) is 9.26. The van der Waals surface area contributed by atoms with Gasteiger partial charge in [0.2, 0.25) is 5.91 Å². The topological polar surface area (TPSA) is 113 Å². The highest BCUT2D eigenvalue weighted by Crippen LogP contribution is 2.27. The van der Waals surface area contributed by atoms with Crippen molar-refractivity contribution in [3.63, 3.8) is 0 Å². The van der Waals surface area contributed by atoms with Crippen LogP contribution in [0.3, 0.4) is 0 Å². The number of nitrogens with zero attached hydrogens (tertiary/aromatic N) is 2. The Morgan fingerprint density at radius 2 is 1.90 bits per heavy atom. The molecule has 1 aromatic heterocycles. The molecule has 0 atom stereocenters. The monoisotopic (exact) mass is 434 g/mol. The molecule has 0 aliphatic heterocycles. The fourth-order valence-corrected chi connectivity index (χ4v) is 3.14. The molecule has 3 aromatic rings. The summed E-state index contributed by atoms with van der Waals surface area (Å²) >= 11 is 12.0. The van der Waals surface area contributed by atoms with Crippen molar-refractivity contribution < 1.29 is 14.7 Å². The predicted octanol–water partition coefficient (Wildman–Crippen LogP) is 3.60. The van der Waals surface area contributed by atoms with E-state index in [0.29, 0.717) is 27.3 Å². The summed E-state index contributed by atoms with van der Waals surface area (Å²) in [5.74, 6) is -0.214. The zero-order chi connectivity index (χ0) is 21.1. The third-order valence-electron chi connectivity index (χ3n) is 4.10. The van der Waals surface area contributed by atoms with Crippen molar-refractivity contribution in [1.82, 2.24) is 14.9 Å². The SMILES string of the molecule is CC(=O)NCCn1c(=O)c(-c2ccc(Cl)c(Cl)c2)nc2cc(NC(=O)O)ccc21. The number of rotatable bonds is 5. The number of carboxylic acid groups (broad SMARTS) is 1. The number of anilines is 1. The number of benzene rings is 2. The number of fused-ring (bicyclic) bond motifs is 1. The Kier molecular flexibility index (Phi) is 6.05. The van der Waals surface area contributed by atoms with Gasteiger partial charge in [-0.05, 0) is 30.3 Å². The van der Waals surface area contributed by atoms with Crippen LogP contribution in [0.2, 0.25) is 10.0 Å². The normalized spacial score (nSPS) is 10.7. The predicted molar refractivity (Wildman–Crippen MR) is 112 cm³/mol. The van der Waals surface area contributed by atoms with Crippen molar-refractivity contribution >= 4 is 51.9 Å². The first kappa shape index (κ1) is 20.6. The largest absolute Gasteiger partial charge is 0.465 e. The minimum Gasteiger partial charge on any atom is -0.465 e. The standard InChI is InChI=1S/C19H16Cl2N4O4/c1-10(26)22-6-7-25-16-5-3-12(23-19(28)29)9-15(16)24-17(18(25)27)11-2-4-13(20)14(21)8-11/h2-5,8-9,23H,6-7H2,1H3,(H,22,26)(H,28,29). The Labute approximate surface area is 175 Å². The molecule has 29 heavy (non-hydrogen) atoms. The molecule has 8 nitrogen and oxygen atoms in total. The van der Waals surface area contributed by atoms with E-state index in [1.54, 1.807) is 18.2 Å². The second-order valence-corrected chi connectivity index (χ2v) is 6.98. The highest BCUT2D eigenvalue weighted by atomic mass is 35.5. The summed E-state index contributed by atoms with van der Waals surface area (Å²) in [6, 6.07) is 9.39. The lowest BCUT2D eigenvalue weighted by molar-refractivity contribution is -0.118. The molecule has 2 amide bonds. The van der Waals surface area contributed by atoms with E-state index in [1.807, 2.05) is 0 Å². The molecule has 3 rings (SSSR count). The van der Waals surface area contributed by atoms with Gasteiger partial charge in [-0.15, -0.1) is 0 Å². The van der Waals surface area contributed by atoms with Gasteiger partial charge in [-0.25, -0.2) is 9.78 Å². The van der Waals surface area contributed by atoms with Crippen LogP contribution in [0.15, 0.2) is 41.2 Å². The Hall–Kier alpha value is -3.10. The fraction of sp³-hybridized carbons (Fsp3) is 0.158. The summed E-state index contributed by atoms with van der Waals surface area (Å²) in [7, 11) is 0. The van der Waals surface area contributed by atoms with Crippen LogP contribution in [0, 0.1) is 0 Å². The van der Waals surface area contributed by atoms with Gasteiger partial charge >= 0.3 is 6.09 Å². The van der Waals surface area contributed by atoms with Gasteiger partial charge in [0, 0.05) is 31.3 Å². The number of nitrogens with one attached hydrogen (secondary N) is 2. The van der Waals surface area contributed by atoms with Crippen molar-refractivity contribution in [2.45, 2.75) is 13.5 Å². The number of amides is 2. The maximum Gasteiger partial charge on any atom is 0.409 e. The van der Waals surface area contributed by atoms with E-state index in [-0.39, 0.29) is 35.3 Å². The number of aromatic nitrogens is 2. The molecule has 0 saturated heterocycles. The van der Waals surface area contributed by atoms with E-state index in [2.05, 4.69) is 15.6 Å². The summed E-state index contributed by atoms with van der Waals surface area (Å²) < 4.78 is 1.47. The molecule has 3 N–H and O–H groups in total. The fourth-order valence-electron chi connectivity index (χ4n) is 2.85. The maximum absolute atomic E-state index is 13.1. The highest BCUT2D eigenvalue weighted by molar-refractivity contribution is 6.42. The lowest BCUT2D eigenvalue weighted by Crippen LogP contribution is -2.31. The van der Waals surface area contributed by atoms with Crippen LogP contribution in [0.1, 0.15) is 6.92 Å². The molecule has 2 aromatic carbocycles. The third kappa shape index (κ3) is 4.67. The number of halogens is 2. The van der Waals surface area contributed by atoms with Crippen LogP contribution in [0.4, 0.5) is 10.5 Å². The molecular formula is C19H16Cl2N4O4. The molecule has 0 bridgehead atoms. The summed E-state index contributed by atoms with van der Waals surface area (Å²) in [6.45, 7) is 1.83. The molecule has 0 saturated carbocycles. The third-order valence-corrected chi connectivity index (χ3v) is 4.84. The Balaban J connectivity index is 2.19. The van der Waals surface area contributed by atoms with E-state index >= 15 is 0 Å². The molecule has 1 heterocycles. The van der Waals surface area contributed by atoms with E-state index in [0.717, 1.165) is 0 Å². The Morgan fingerprint density at radius 1 is 1.14 bits per heavy atom. The summed E-state index contributed by atoms with van der Waals surface area (Å²) in [4.78, 5) is 39.7. The summed E-state index contributed by atoms with van der Waals surface area (Å²) in [5, 5.41) is 14.5. The van der Waals surface area contributed by atoms with Crippen molar-refractivity contribution in [2.24, 2.45) is 0 Å². The van der Waals surface area contributed by atoms with E-state index in [4.69, 9.17) is 28.3 Å². The summed E-state index contributed by atoms with van der Waals surface area (Å²) in [6.07, 6.45) is -1.21. The van der Waals surface area contributed by atoms with Crippen LogP contribution in [-0.2, 0) is 11.3 Å². The molecule has 0 radical (unpaired) electrons. The van der Waals surface area contributed by atoms with Gasteiger partial charge in [0.25, 0.3) is 5.56 Å². The minimum absolute atomic E-state index is 0.131. The van der Waals surface area contributed by atoms with Crippen molar-refractivity contribution in [2.75, 3.05) is 11.9 Å². The first-order chi connectivity index (χ1) is 13.8. The molecule has 10 heteroatoms. The van der Waals surface area contributed by atoms with E-state index in [1.165, 1.54) is 29.7 Å². The van der Waals surface area contributed by atoms with Gasteiger partial charge in [0.1, 0.15) is 5.69 Å². The number of hydrogen-bond acceptors (Lipinski definition) is 4. The van der Waals surface area contributed by atoms with Crippen LogP contribution < -0.4 is 16.2 Å². The molecule has 150 valence electrons. The molecule has 0 unspecified atom stereocenters. The molecule has 0 fully saturated rings. The maximum atomic E-state index is 13.1. The van der Waals surface area contributed by atoms with Gasteiger partial charge in [-0.3, -0.25) is 14.9 Å². The first-order valence-electron chi connectivity index (χ1n) is 8.50. The lowest BCUT2D eigenvalue weighted by Gasteiger charge is -2.14. The smallest absolute Gasteiger partial charge is 0.409 e. The van der Waals surface area contributed by atoms with Gasteiger partial charge in [-0.2, -0.15) is 0 Å². The average molecular weight is 435 g/mol. The molecule has 0 aliphatic rings. The molecule has 0 aliphatic carbocycles. The quantitative estimate of drug-likeness (QED) is 0.567. The Morgan fingerprint density at radius 3 is 2.55 bits per heavy atom.